The van der Waals surface area contributed by atoms with E-state index < -0.39 is 17.6 Å². The fourth-order valence-electron chi connectivity index (χ4n) is 5.08. The van der Waals surface area contributed by atoms with Crippen LogP contribution in [0.3, 0.4) is 0 Å². The summed E-state index contributed by atoms with van der Waals surface area (Å²) in [7, 11) is 3.47. The summed E-state index contributed by atoms with van der Waals surface area (Å²) in [6.45, 7) is 2.29. The number of para-hydroxylation sites is 1. The number of benzene rings is 2. The number of carbonyl (C=O) groups excluding carboxylic acids is 1. The number of methoxy groups -OCH3 is 1. The normalized spacial score (nSPS) is 23.0. The van der Waals surface area contributed by atoms with E-state index in [1.54, 1.807) is 24.1 Å². The quantitative estimate of drug-likeness (QED) is 0.812. The third-order valence-corrected chi connectivity index (χ3v) is 6.91. The minimum atomic E-state index is -0.682. The predicted molar refractivity (Wildman–Crippen MR) is 116 cm³/mol. The number of anilines is 1. The van der Waals surface area contributed by atoms with Gasteiger partial charge in [-0.1, -0.05) is 18.2 Å². The van der Waals surface area contributed by atoms with Gasteiger partial charge in [-0.05, 0) is 49.7 Å². The number of likely N-dealkylation sites (N-methyl/N-ethyl adjacent to an activating group) is 1. The largest absolute Gasteiger partial charge is 0.497 e. The zero-order valence-corrected chi connectivity index (χ0v) is 17.9. The Labute approximate surface area is 182 Å². The molecule has 3 heterocycles. The summed E-state index contributed by atoms with van der Waals surface area (Å²) >= 11 is 0. The Morgan fingerprint density at radius 3 is 2.74 bits per heavy atom. The molecule has 2 unspecified atom stereocenters. The number of fused-ring (bicyclic) bond motifs is 3. The molecule has 5 rings (SSSR count). The highest BCUT2D eigenvalue weighted by Gasteiger charge is 2.50. The molecule has 7 heteroatoms. The van der Waals surface area contributed by atoms with Crippen LogP contribution in [0.4, 0.5) is 5.69 Å². The van der Waals surface area contributed by atoms with Crippen LogP contribution in [-0.2, 0) is 10.2 Å². The summed E-state index contributed by atoms with van der Waals surface area (Å²) in [6.07, 6.45) is 0.394. The van der Waals surface area contributed by atoms with Gasteiger partial charge in [0.05, 0.1) is 12.5 Å². The van der Waals surface area contributed by atoms with Crippen LogP contribution in [0.5, 0.6) is 17.2 Å². The molecule has 2 aromatic carbocycles. The number of aliphatic hydroxyl groups excluding tert-OH is 1. The number of nitrogens with zero attached hydrogens (tertiary/aromatic N) is 2. The van der Waals surface area contributed by atoms with Crippen molar-refractivity contribution in [3.05, 3.63) is 48.0 Å². The molecule has 2 atom stereocenters. The summed E-state index contributed by atoms with van der Waals surface area (Å²) in [6, 6.07) is 13.5. The van der Waals surface area contributed by atoms with Crippen molar-refractivity contribution in [2.75, 3.05) is 45.3 Å². The number of hydrogen-bond donors (Lipinski definition) is 1. The van der Waals surface area contributed by atoms with Gasteiger partial charge in [0.25, 0.3) is 0 Å². The lowest BCUT2D eigenvalue weighted by Gasteiger charge is -2.40. The van der Waals surface area contributed by atoms with Crippen LogP contribution < -0.4 is 19.1 Å². The maximum Gasteiger partial charge on any atom is 0.237 e. The smallest absolute Gasteiger partial charge is 0.237 e. The molecule has 1 N–H and O–H groups in total. The minimum absolute atomic E-state index is 0.185. The SMILES string of the molecule is COc1ccc2c(c1)OCC(C(O)CN1CCC3(CC1)C(=O)N(C)c1ccccc13)O2. The van der Waals surface area contributed by atoms with E-state index in [0.29, 0.717) is 23.8 Å². The molecule has 0 bridgehead atoms. The van der Waals surface area contributed by atoms with E-state index >= 15 is 0 Å². The van der Waals surface area contributed by atoms with E-state index in [1.165, 1.54) is 0 Å². The van der Waals surface area contributed by atoms with Crippen molar-refractivity contribution < 1.29 is 24.1 Å². The molecular formula is C24H28N2O5. The van der Waals surface area contributed by atoms with Gasteiger partial charge in [0.1, 0.15) is 18.5 Å². The Morgan fingerprint density at radius 1 is 1.19 bits per heavy atom. The first kappa shape index (κ1) is 20.2. The average Bonchev–Trinajstić information content (AvgIpc) is 3.02. The Balaban J connectivity index is 1.22. The van der Waals surface area contributed by atoms with Crippen molar-refractivity contribution >= 4 is 11.6 Å². The lowest BCUT2D eigenvalue weighted by atomic mass is 9.73. The number of amides is 1. The Morgan fingerprint density at radius 2 is 1.97 bits per heavy atom. The van der Waals surface area contributed by atoms with Crippen molar-refractivity contribution in [2.45, 2.75) is 30.5 Å². The first-order valence-corrected chi connectivity index (χ1v) is 10.8. The first-order chi connectivity index (χ1) is 15.0. The highest BCUT2D eigenvalue weighted by atomic mass is 16.6. The van der Waals surface area contributed by atoms with Crippen LogP contribution in [0.25, 0.3) is 0 Å². The molecule has 3 aliphatic rings. The van der Waals surface area contributed by atoms with Crippen molar-refractivity contribution in [3.63, 3.8) is 0 Å². The van der Waals surface area contributed by atoms with Gasteiger partial charge >= 0.3 is 0 Å². The minimum Gasteiger partial charge on any atom is -0.497 e. The summed E-state index contributed by atoms with van der Waals surface area (Å²) in [5, 5.41) is 10.8. The maximum absolute atomic E-state index is 13.1. The number of hydrogen-bond acceptors (Lipinski definition) is 6. The lowest BCUT2D eigenvalue weighted by Crippen LogP contribution is -2.52. The molecule has 0 aliphatic carbocycles. The van der Waals surface area contributed by atoms with E-state index in [0.717, 1.165) is 37.2 Å². The first-order valence-electron chi connectivity index (χ1n) is 10.8. The van der Waals surface area contributed by atoms with Crippen LogP contribution in [-0.4, -0.2) is 68.5 Å². The Kier molecular flexibility index (Phi) is 5.02. The average molecular weight is 424 g/mol. The van der Waals surface area contributed by atoms with Gasteiger partial charge in [0.2, 0.25) is 5.91 Å². The molecule has 31 heavy (non-hydrogen) atoms. The van der Waals surface area contributed by atoms with Crippen LogP contribution in [0.15, 0.2) is 42.5 Å². The summed E-state index contributed by atoms with van der Waals surface area (Å²) in [4.78, 5) is 17.1. The van der Waals surface area contributed by atoms with Crippen LogP contribution in [0.2, 0.25) is 0 Å². The van der Waals surface area contributed by atoms with Crippen molar-refractivity contribution in [3.8, 4) is 17.2 Å². The number of piperidine rings is 1. The molecule has 0 saturated carbocycles. The number of likely N-dealkylation sites (tertiary alicyclic amines) is 1. The molecule has 0 aromatic heterocycles. The molecule has 1 saturated heterocycles. The fourth-order valence-corrected chi connectivity index (χ4v) is 5.08. The second-order valence-corrected chi connectivity index (χ2v) is 8.61. The van der Waals surface area contributed by atoms with Gasteiger partial charge in [-0.2, -0.15) is 0 Å². The molecule has 1 spiro atoms. The Hall–Kier alpha value is -2.77. The van der Waals surface area contributed by atoms with Gasteiger partial charge in [-0.3, -0.25) is 4.79 Å². The van der Waals surface area contributed by atoms with Crippen LogP contribution in [0, 0.1) is 0 Å². The van der Waals surface area contributed by atoms with Gasteiger partial charge in [-0.25, -0.2) is 0 Å². The third kappa shape index (κ3) is 3.32. The number of aliphatic hydroxyl groups is 1. The van der Waals surface area contributed by atoms with E-state index in [2.05, 4.69) is 11.0 Å². The third-order valence-electron chi connectivity index (χ3n) is 6.91. The zero-order chi connectivity index (χ0) is 21.6. The molecule has 3 aliphatic heterocycles. The number of β-amino-alcohol motifs (C(OH)–C–C–N with tert-alkyl or cyclic N) is 1. The van der Waals surface area contributed by atoms with Gasteiger partial charge in [0, 0.05) is 25.3 Å². The van der Waals surface area contributed by atoms with Crippen molar-refractivity contribution in [2.24, 2.45) is 0 Å². The maximum atomic E-state index is 13.1. The fraction of sp³-hybridized carbons (Fsp3) is 0.458. The number of carbonyl (C=O) groups is 1. The highest BCUT2D eigenvalue weighted by molar-refractivity contribution is 6.07. The number of rotatable bonds is 4. The highest BCUT2D eigenvalue weighted by Crippen LogP contribution is 2.47. The summed E-state index contributed by atoms with van der Waals surface area (Å²) in [5.74, 6) is 2.14. The van der Waals surface area contributed by atoms with E-state index in [1.807, 2.05) is 31.3 Å². The molecule has 0 radical (unpaired) electrons. The van der Waals surface area contributed by atoms with E-state index in [9.17, 15) is 9.90 Å². The van der Waals surface area contributed by atoms with E-state index in [-0.39, 0.29) is 12.5 Å². The van der Waals surface area contributed by atoms with Crippen molar-refractivity contribution in [1.82, 2.24) is 4.90 Å². The summed E-state index contributed by atoms with van der Waals surface area (Å²) < 4.78 is 17.0. The van der Waals surface area contributed by atoms with E-state index in [4.69, 9.17) is 14.2 Å². The number of ether oxygens (including phenoxy) is 3. The predicted octanol–water partition coefficient (Wildman–Crippen LogP) is 2.21. The lowest BCUT2D eigenvalue weighted by molar-refractivity contribution is -0.124. The van der Waals surface area contributed by atoms with Crippen LogP contribution >= 0.6 is 0 Å². The van der Waals surface area contributed by atoms with Crippen molar-refractivity contribution in [1.29, 1.82) is 0 Å². The molecular weight excluding hydrogens is 396 g/mol. The van der Waals surface area contributed by atoms with Gasteiger partial charge < -0.3 is 29.1 Å². The Bertz CT molecular complexity index is 986. The topological polar surface area (TPSA) is 71.5 Å². The molecule has 1 fully saturated rings. The standard InChI is InChI=1S/C24H28N2O5/c1-25-18-6-4-3-5-17(18)24(23(25)28)9-11-26(12-10-24)14-19(27)22-15-30-21-13-16(29-2)7-8-20(21)31-22/h3-8,13,19,22,27H,9-12,14-15H2,1-2H3. The molecule has 2 aromatic rings. The molecule has 1 amide bonds. The monoisotopic (exact) mass is 424 g/mol. The summed E-state index contributed by atoms with van der Waals surface area (Å²) in [5.41, 5.74) is 1.72. The van der Waals surface area contributed by atoms with Crippen LogP contribution in [0.1, 0.15) is 18.4 Å². The second-order valence-electron chi connectivity index (χ2n) is 8.61. The molecule has 164 valence electrons. The van der Waals surface area contributed by atoms with Gasteiger partial charge in [-0.15, -0.1) is 0 Å². The second kappa shape index (κ2) is 7.73. The van der Waals surface area contributed by atoms with Gasteiger partial charge in [0.15, 0.2) is 17.6 Å². The molecule has 7 nitrogen and oxygen atoms in total. The zero-order valence-electron chi connectivity index (χ0n) is 17.9.